The van der Waals surface area contributed by atoms with Crippen molar-refractivity contribution in [2.75, 3.05) is 41.5 Å². The molecule has 6 N–H and O–H groups in total. The molecule has 0 aromatic carbocycles. The number of H-pyrrole nitrogens is 1. The van der Waals surface area contributed by atoms with Crippen LogP contribution < -0.4 is 21.3 Å². The molecule has 0 atom stereocenters. The molecule has 1 aliphatic heterocycles. The standard InChI is InChI=1S/C19H24N10.C5H5N3O.2C2H2.CH4O/c20-15-9-14(12-5-6-12)27-29(15)19-23-17(22-18(24-19)28-7-1-2-8-28)21-16-10-13(25-26-16)11-3-4-11;9-4-8-5-3-6-1-2-7-5;3*1-2/h9-12H,1-8,20H2,(H2,21,22,23,24,25,26);1-4H,(H,7,8,9);2*1-2H;2H,1H3. The van der Waals surface area contributed by atoms with Crippen LogP contribution in [0.3, 0.4) is 0 Å². The van der Waals surface area contributed by atoms with Crippen molar-refractivity contribution < 1.29 is 9.90 Å². The summed E-state index contributed by atoms with van der Waals surface area (Å²) in [7, 11) is 1.00. The maximum atomic E-state index is 9.80. The van der Waals surface area contributed by atoms with Crippen molar-refractivity contribution in [1.82, 2.24) is 44.9 Å². The molecule has 15 nitrogen and oxygen atoms in total. The van der Waals surface area contributed by atoms with Gasteiger partial charge in [-0.05, 0) is 38.5 Å². The average molecular weight is 600 g/mol. The van der Waals surface area contributed by atoms with Crippen molar-refractivity contribution in [3.05, 3.63) is 42.1 Å². The minimum absolute atomic E-state index is 0.437. The highest BCUT2D eigenvalue weighted by atomic mass is 16.2. The fourth-order valence-electron chi connectivity index (χ4n) is 4.27. The summed E-state index contributed by atoms with van der Waals surface area (Å²) in [4.78, 5) is 33.4. The van der Waals surface area contributed by atoms with Gasteiger partial charge in [0.05, 0.1) is 11.9 Å². The number of rotatable bonds is 8. The molecule has 5 heterocycles. The number of anilines is 5. The molecule has 0 bridgehead atoms. The van der Waals surface area contributed by atoms with Crippen molar-refractivity contribution in [2.24, 2.45) is 0 Å². The molecule has 1 saturated heterocycles. The summed E-state index contributed by atoms with van der Waals surface area (Å²) in [5.74, 6) is 4.39. The highest BCUT2D eigenvalue weighted by Gasteiger charge is 2.28. The number of hydrogen-bond donors (Lipinski definition) is 5. The lowest BCUT2D eigenvalue weighted by atomic mass is 10.3. The zero-order chi connectivity index (χ0) is 31.9. The Morgan fingerprint density at radius 2 is 1.64 bits per heavy atom. The fraction of sp³-hybridized carbons (Fsp3) is 0.379. The SMILES string of the molecule is C#C.C#C.CO.Nc1cc(C2CC2)nn1-c1nc(Nc2cc(C3CC3)[nH]n2)nc(N2CCCC2)n1.O=CNc1cnccn1. The van der Waals surface area contributed by atoms with Crippen molar-refractivity contribution in [1.29, 1.82) is 0 Å². The predicted octanol–water partition coefficient (Wildman–Crippen LogP) is 2.61. The first-order chi connectivity index (χ1) is 21.7. The summed E-state index contributed by atoms with van der Waals surface area (Å²) in [6.07, 6.45) is 28.1. The van der Waals surface area contributed by atoms with Gasteiger partial charge in [-0.25, -0.2) is 4.98 Å². The third-order valence-electron chi connectivity index (χ3n) is 6.57. The van der Waals surface area contributed by atoms with Gasteiger partial charge in [-0.15, -0.1) is 25.7 Å². The molecule has 15 heteroatoms. The zero-order valence-corrected chi connectivity index (χ0v) is 24.5. The Morgan fingerprint density at radius 3 is 2.25 bits per heavy atom. The van der Waals surface area contributed by atoms with E-state index in [1.54, 1.807) is 4.68 Å². The zero-order valence-electron chi connectivity index (χ0n) is 24.5. The number of nitrogens with zero attached hydrogens (tertiary/aromatic N) is 9. The Morgan fingerprint density at radius 1 is 0.955 bits per heavy atom. The van der Waals surface area contributed by atoms with E-state index < -0.39 is 0 Å². The molecule has 44 heavy (non-hydrogen) atoms. The summed E-state index contributed by atoms with van der Waals surface area (Å²) in [5, 5.41) is 24.7. The highest BCUT2D eigenvalue weighted by molar-refractivity contribution is 5.67. The molecule has 4 aromatic heterocycles. The molecule has 230 valence electrons. The van der Waals surface area contributed by atoms with Crippen LogP contribution in [0.2, 0.25) is 0 Å². The van der Waals surface area contributed by atoms with Gasteiger partial charge in [-0.3, -0.25) is 14.9 Å². The van der Waals surface area contributed by atoms with Crippen molar-refractivity contribution in [2.45, 2.75) is 50.4 Å². The van der Waals surface area contributed by atoms with E-state index in [9.17, 15) is 4.79 Å². The van der Waals surface area contributed by atoms with Gasteiger partial charge in [0.2, 0.25) is 18.3 Å². The van der Waals surface area contributed by atoms with Crippen LogP contribution in [0.1, 0.15) is 61.7 Å². The molecule has 7 rings (SSSR count). The lowest BCUT2D eigenvalue weighted by molar-refractivity contribution is -0.105. The minimum Gasteiger partial charge on any atom is -0.400 e. The molecule has 4 aromatic rings. The summed E-state index contributed by atoms with van der Waals surface area (Å²) in [6, 6.07) is 3.96. The lowest BCUT2D eigenvalue weighted by Crippen LogP contribution is -2.22. The predicted molar refractivity (Wildman–Crippen MR) is 168 cm³/mol. The first-order valence-electron chi connectivity index (χ1n) is 13.9. The molecule has 1 amide bonds. The van der Waals surface area contributed by atoms with E-state index in [-0.39, 0.29) is 0 Å². The molecular formula is C29H37N13O2. The highest BCUT2D eigenvalue weighted by Crippen LogP contribution is 2.40. The molecule has 0 radical (unpaired) electrons. The normalized spacial score (nSPS) is 14.5. The minimum atomic E-state index is 0.437. The molecule has 0 spiro atoms. The van der Waals surface area contributed by atoms with Crippen LogP contribution in [-0.2, 0) is 4.79 Å². The second-order valence-electron chi connectivity index (χ2n) is 9.59. The number of nitrogen functional groups attached to an aromatic ring is 1. The number of aromatic nitrogens is 9. The molecule has 0 unspecified atom stereocenters. The largest absolute Gasteiger partial charge is 0.400 e. The van der Waals surface area contributed by atoms with Gasteiger partial charge in [-0.2, -0.15) is 29.8 Å². The van der Waals surface area contributed by atoms with Gasteiger partial charge in [-0.1, -0.05) is 0 Å². The van der Waals surface area contributed by atoms with E-state index in [2.05, 4.69) is 81.4 Å². The Bertz CT molecular complexity index is 1480. The van der Waals surface area contributed by atoms with Gasteiger partial charge >= 0.3 is 0 Å². The van der Waals surface area contributed by atoms with Crippen molar-refractivity contribution >= 4 is 35.8 Å². The second-order valence-corrected chi connectivity index (χ2v) is 9.59. The summed E-state index contributed by atoms with van der Waals surface area (Å²) >= 11 is 0. The number of nitrogens with one attached hydrogen (secondary N) is 3. The van der Waals surface area contributed by atoms with E-state index in [0.717, 1.165) is 44.4 Å². The van der Waals surface area contributed by atoms with Crippen molar-refractivity contribution in [3.8, 4) is 31.6 Å². The van der Waals surface area contributed by atoms with Crippen LogP contribution >= 0.6 is 0 Å². The number of carbonyl (C=O) groups is 1. The van der Waals surface area contributed by atoms with Crippen LogP contribution in [0.5, 0.6) is 0 Å². The topological polar surface area (TPSA) is 202 Å². The molecule has 3 fully saturated rings. The van der Waals surface area contributed by atoms with E-state index in [1.807, 2.05) is 12.1 Å². The number of aliphatic hydroxyl groups excluding tert-OH is 1. The Kier molecular flexibility index (Phi) is 12.6. The van der Waals surface area contributed by atoms with Gasteiger partial charge < -0.3 is 26.4 Å². The van der Waals surface area contributed by atoms with E-state index in [0.29, 0.717) is 53.5 Å². The third-order valence-corrected chi connectivity index (χ3v) is 6.57. The summed E-state index contributed by atoms with van der Waals surface area (Å²) in [6.45, 7) is 1.89. The maximum Gasteiger partial charge on any atom is 0.259 e. The van der Waals surface area contributed by atoms with Crippen LogP contribution in [0, 0.1) is 25.7 Å². The first kappa shape index (κ1) is 33.0. The lowest BCUT2D eigenvalue weighted by Gasteiger charge is -2.16. The van der Waals surface area contributed by atoms with Gasteiger partial charge in [0, 0.05) is 62.3 Å². The molecule has 3 aliphatic rings. The number of nitrogens with two attached hydrogens (primary N) is 1. The molecule has 2 saturated carbocycles. The maximum absolute atomic E-state index is 9.80. The smallest absolute Gasteiger partial charge is 0.259 e. The Labute approximate surface area is 256 Å². The Balaban J connectivity index is 0.000000298. The van der Waals surface area contributed by atoms with E-state index >= 15 is 0 Å². The number of amides is 1. The van der Waals surface area contributed by atoms with Gasteiger partial charge in [0.15, 0.2) is 11.6 Å². The van der Waals surface area contributed by atoms with Crippen LogP contribution in [0.25, 0.3) is 5.95 Å². The number of aromatic amines is 1. The van der Waals surface area contributed by atoms with Crippen LogP contribution in [0.15, 0.2) is 30.7 Å². The monoisotopic (exact) mass is 599 g/mol. The quantitative estimate of drug-likeness (QED) is 0.147. The average Bonchev–Trinajstić information content (AvgIpc) is 3.96. The number of carbonyl (C=O) groups excluding carboxylic acids is 1. The number of hydrogen-bond acceptors (Lipinski definition) is 12. The van der Waals surface area contributed by atoms with Crippen molar-refractivity contribution in [3.63, 3.8) is 0 Å². The fourth-order valence-corrected chi connectivity index (χ4v) is 4.27. The summed E-state index contributed by atoms with van der Waals surface area (Å²) < 4.78 is 1.63. The van der Waals surface area contributed by atoms with E-state index in [4.69, 9.17) is 10.8 Å². The van der Waals surface area contributed by atoms with Gasteiger partial charge in [0.1, 0.15) is 5.82 Å². The van der Waals surface area contributed by atoms with E-state index in [1.165, 1.54) is 44.3 Å². The van der Waals surface area contributed by atoms with Crippen LogP contribution in [0.4, 0.5) is 29.4 Å². The molecular weight excluding hydrogens is 562 g/mol. The first-order valence-corrected chi connectivity index (χ1v) is 13.9. The molecule has 2 aliphatic carbocycles. The number of terminal acetylenes is 2. The van der Waals surface area contributed by atoms with Gasteiger partial charge in [0.25, 0.3) is 5.95 Å². The summed E-state index contributed by atoms with van der Waals surface area (Å²) in [5.41, 5.74) is 8.41. The Hall–Kier alpha value is -5.54. The third kappa shape index (κ3) is 8.98. The number of aliphatic hydroxyl groups is 1. The van der Waals surface area contributed by atoms with Crippen LogP contribution in [-0.4, -0.2) is 76.6 Å². The second kappa shape index (κ2) is 16.8.